The summed E-state index contributed by atoms with van der Waals surface area (Å²) < 4.78 is 25.7. The van der Waals surface area contributed by atoms with Gasteiger partial charge in [-0.15, -0.1) is 10.2 Å². The molecule has 0 aliphatic carbocycles. The van der Waals surface area contributed by atoms with E-state index in [0.29, 0.717) is 15.7 Å². The lowest BCUT2D eigenvalue weighted by Gasteiger charge is -2.23. The lowest BCUT2D eigenvalue weighted by atomic mass is 10.1. The van der Waals surface area contributed by atoms with Gasteiger partial charge >= 0.3 is 0 Å². The van der Waals surface area contributed by atoms with Crippen LogP contribution in [0.2, 0.25) is 0 Å². The summed E-state index contributed by atoms with van der Waals surface area (Å²) in [6.45, 7) is 3.66. The van der Waals surface area contributed by atoms with E-state index in [9.17, 15) is 23.3 Å². The lowest BCUT2D eigenvalue weighted by Crippen LogP contribution is -2.32. The van der Waals surface area contributed by atoms with Gasteiger partial charge in [-0.1, -0.05) is 47.2 Å². The number of carbonyl (C=O) groups is 1. The van der Waals surface area contributed by atoms with E-state index in [1.165, 1.54) is 29.5 Å². The summed E-state index contributed by atoms with van der Waals surface area (Å²) in [5.41, 5.74) is 2.62. The van der Waals surface area contributed by atoms with Crippen LogP contribution < -0.4 is 9.62 Å². The van der Waals surface area contributed by atoms with Gasteiger partial charge in [-0.25, -0.2) is 8.42 Å². The monoisotopic (exact) mass is 489 g/mol. The van der Waals surface area contributed by atoms with Crippen LogP contribution in [-0.4, -0.2) is 42.2 Å². The number of hydrogen-bond donors (Lipinski definition) is 1. The van der Waals surface area contributed by atoms with E-state index < -0.39 is 14.9 Å². The standard InChI is InChI=1S/C21H23N5O5S2/c1-14-6-9-16(10-7-14)20-23-24-21(32-20)22-19(27)5-4-12-25(33(3,30)31)18-13-17(26(28)29)11-8-15(18)2/h6-11,13H,4-5,12H2,1-3H3,(H,22,24,27). The Bertz CT molecular complexity index is 1270. The van der Waals surface area contributed by atoms with E-state index in [1.54, 1.807) is 6.92 Å². The third-order valence-electron chi connectivity index (χ3n) is 4.81. The van der Waals surface area contributed by atoms with Gasteiger partial charge in [-0.05, 0) is 25.8 Å². The topological polar surface area (TPSA) is 135 Å². The van der Waals surface area contributed by atoms with E-state index in [2.05, 4.69) is 15.5 Å². The molecule has 1 amide bonds. The van der Waals surface area contributed by atoms with Crippen molar-refractivity contribution in [2.45, 2.75) is 26.7 Å². The van der Waals surface area contributed by atoms with Gasteiger partial charge in [-0.2, -0.15) is 0 Å². The fraction of sp³-hybridized carbons (Fsp3) is 0.286. The number of anilines is 2. The van der Waals surface area contributed by atoms with E-state index in [4.69, 9.17) is 0 Å². The minimum absolute atomic E-state index is 0.000996. The molecule has 3 aromatic rings. The smallest absolute Gasteiger partial charge is 0.271 e. The maximum Gasteiger partial charge on any atom is 0.271 e. The Morgan fingerprint density at radius 1 is 1.15 bits per heavy atom. The number of non-ortho nitro benzene ring substituents is 1. The summed E-state index contributed by atoms with van der Waals surface area (Å²) >= 11 is 1.24. The fourth-order valence-corrected chi connectivity index (χ4v) is 4.88. The van der Waals surface area contributed by atoms with Crippen LogP contribution in [0.3, 0.4) is 0 Å². The molecule has 0 atom stereocenters. The molecule has 1 aromatic heterocycles. The number of aryl methyl sites for hydroxylation is 2. The van der Waals surface area contributed by atoms with Gasteiger partial charge in [0, 0.05) is 30.7 Å². The summed E-state index contributed by atoms with van der Waals surface area (Å²) in [6, 6.07) is 11.8. The molecule has 1 N–H and O–H groups in total. The highest BCUT2D eigenvalue weighted by Gasteiger charge is 2.22. The first-order valence-electron chi connectivity index (χ1n) is 9.98. The van der Waals surface area contributed by atoms with Gasteiger partial charge in [0.05, 0.1) is 16.9 Å². The third-order valence-corrected chi connectivity index (χ3v) is 6.88. The molecule has 0 saturated heterocycles. The van der Waals surface area contributed by atoms with Crippen LogP contribution in [0, 0.1) is 24.0 Å². The van der Waals surface area contributed by atoms with Crippen molar-refractivity contribution in [3.63, 3.8) is 0 Å². The Kier molecular flexibility index (Phi) is 7.39. The third kappa shape index (κ3) is 6.33. The zero-order valence-corrected chi connectivity index (χ0v) is 19.9. The summed E-state index contributed by atoms with van der Waals surface area (Å²) in [4.78, 5) is 22.9. The number of hydrogen-bond acceptors (Lipinski definition) is 8. The van der Waals surface area contributed by atoms with Crippen molar-refractivity contribution < 1.29 is 18.1 Å². The summed E-state index contributed by atoms with van der Waals surface area (Å²) in [6.07, 6.45) is 1.28. The number of sulfonamides is 1. The van der Waals surface area contributed by atoms with Crippen LogP contribution >= 0.6 is 11.3 Å². The molecule has 0 radical (unpaired) electrons. The first kappa shape index (κ1) is 24.3. The van der Waals surface area contributed by atoms with Crippen LogP contribution in [0.1, 0.15) is 24.0 Å². The van der Waals surface area contributed by atoms with Crippen molar-refractivity contribution in [2.24, 2.45) is 0 Å². The number of nitro groups is 1. The van der Waals surface area contributed by atoms with Crippen molar-refractivity contribution in [2.75, 3.05) is 22.4 Å². The quantitative estimate of drug-likeness (QED) is 0.355. The molecule has 0 aliphatic rings. The highest BCUT2D eigenvalue weighted by molar-refractivity contribution is 7.92. The average Bonchev–Trinajstić information content (AvgIpc) is 3.19. The van der Waals surface area contributed by atoms with E-state index >= 15 is 0 Å². The predicted molar refractivity (Wildman–Crippen MR) is 128 cm³/mol. The second kappa shape index (κ2) is 10.0. The normalized spacial score (nSPS) is 11.2. The number of nitro benzene ring substituents is 1. The van der Waals surface area contributed by atoms with Crippen LogP contribution in [0.5, 0.6) is 0 Å². The molecular weight excluding hydrogens is 466 g/mol. The fourth-order valence-electron chi connectivity index (χ4n) is 3.10. The van der Waals surface area contributed by atoms with E-state index in [-0.39, 0.29) is 36.7 Å². The molecule has 12 heteroatoms. The molecule has 0 bridgehead atoms. The van der Waals surface area contributed by atoms with Crippen LogP contribution in [0.4, 0.5) is 16.5 Å². The number of carbonyl (C=O) groups excluding carboxylic acids is 1. The Morgan fingerprint density at radius 2 is 1.85 bits per heavy atom. The van der Waals surface area contributed by atoms with E-state index in [1.807, 2.05) is 31.2 Å². The number of aromatic nitrogens is 2. The van der Waals surface area contributed by atoms with Crippen LogP contribution in [-0.2, 0) is 14.8 Å². The minimum atomic E-state index is -3.71. The molecule has 0 unspecified atom stereocenters. The molecule has 33 heavy (non-hydrogen) atoms. The zero-order chi connectivity index (χ0) is 24.2. The number of rotatable bonds is 9. The maximum absolute atomic E-state index is 12.4. The molecule has 1 heterocycles. The summed E-state index contributed by atoms with van der Waals surface area (Å²) in [5, 5.41) is 22.9. The number of nitrogens with one attached hydrogen (secondary N) is 1. The van der Waals surface area contributed by atoms with Gasteiger partial charge in [0.2, 0.25) is 21.1 Å². The highest BCUT2D eigenvalue weighted by Crippen LogP contribution is 2.28. The largest absolute Gasteiger partial charge is 0.301 e. The molecule has 0 saturated carbocycles. The van der Waals surface area contributed by atoms with Crippen LogP contribution in [0.15, 0.2) is 42.5 Å². The second-order valence-corrected chi connectivity index (χ2v) is 10.4. The SMILES string of the molecule is Cc1ccc(-c2nnc(NC(=O)CCCN(c3cc([N+](=O)[O-])ccc3C)S(C)(=O)=O)s2)cc1. The molecule has 10 nitrogen and oxygen atoms in total. The molecule has 0 spiro atoms. The average molecular weight is 490 g/mol. The number of benzene rings is 2. The molecule has 174 valence electrons. The van der Waals surface area contributed by atoms with Gasteiger partial charge in [-0.3, -0.25) is 19.2 Å². The first-order chi connectivity index (χ1) is 15.5. The second-order valence-electron chi connectivity index (χ2n) is 7.49. The van der Waals surface area contributed by atoms with Crippen molar-refractivity contribution >= 4 is 43.8 Å². The zero-order valence-electron chi connectivity index (χ0n) is 18.3. The van der Waals surface area contributed by atoms with E-state index in [0.717, 1.165) is 21.7 Å². The van der Waals surface area contributed by atoms with Gasteiger partial charge < -0.3 is 5.32 Å². The maximum atomic E-state index is 12.4. The first-order valence-corrected chi connectivity index (χ1v) is 12.6. The van der Waals surface area contributed by atoms with Crippen molar-refractivity contribution in [1.29, 1.82) is 0 Å². The Balaban J connectivity index is 1.63. The molecule has 0 fully saturated rings. The Labute approximate surface area is 195 Å². The Hall–Kier alpha value is -3.38. The van der Waals surface area contributed by atoms with Crippen LogP contribution in [0.25, 0.3) is 10.6 Å². The Morgan fingerprint density at radius 3 is 2.48 bits per heavy atom. The van der Waals surface area contributed by atoms with Crippen molar-refractivity contribution in [3.8, 4) is 10.6 Å². The van der Waals surface area contributed by atoms with Crippen molar-refractivity contribution in [3.05, 3.63) is 63.7 Å². The molecular formula is C21H23N5O5S2. The molecule has 0 aliphatic heterocycles. The van der Waals surface area contributed by atoms with Gasteiger partial charge in [0.1, 0.15) is 5.01 Å². The minimum Gasteiger partial charge on any atom is -0.301 e. The number of nitrogens with zero attached hydrogens (tertiary/aromatic N) is 4. The lowest BCUT2D eigenvalue weighted by molar-refractivity contribution is -0.384. The summed E-state index contributed by atoms with van der Waals surface area (Å²) in [7, 11) is -3.71. The molecule has 2 aromatic carbocycles. The van der Waals surface area contributed by atoms with Gasteiger partial charge in [0.15, 0.2) is 0 Å². The summed E-state index contributed by atoms with van der Waals surface area (Å²) in [5.74, 6) is -0.328. The predicted octanol–water partition coefficient (Wildman–Crippen LogP) is 3.92. The number of amides is 1. The van der Waals surface area contributed by atoms with Gasteiger partial charge in [0.25, 0.3) is 5.69 Å². The highest BCUT2D eigenvalue weighted by atomic mass is 32.2. The molecule has 3 rings (SSSR count). The van der Waals surface area contributed by atoms with Crippen molar-refractivity contribution in [1.82, 2.24) is 10.2 Å².